The quantitative estimate of drug-likeness (QED) is 0.0183. The van der Waals surface area contributed by atoms with Crippen molar-refractivity contribution in [3.8, 4) is 28.7 Å². The SMILES string of the molecule is COc1cc([C@@H]2c3cc4c(cc3[C@@H](O)[C@H]3COC(=O)[C@H]23)OCO4)cc(OC)c1OC(=O)CCN1C(=O)CC(SCC(NC(=O)[C@H](CCCCN)NC(=O)[C@H](CCCCN)NC(=O)[C@@H](C)Cc2c[nH]c3ccccc23)C(N)=O)C1=O. The standard InChI is InChI=1S/C55H68N8O15S/c1-28(18-30-24-59-35-11-5-4-10-31(30)35)51(68)60-36(12-6-8-15-56)52(69)61-37(13-7-9-16-57)53(70)62-38(50(58)67)26-79-43-23-44(64)63(54(43)71)17-14-45(65)78-49-41(73-2)19-29(20-42(49)74-3)46-32-21-39-40(77-27-76-39)22-33(32)48(66)34-25-75-55(72)47(34)46/h4-5,10-11,19-22,24,28,34,36-38,43,46-48,59,66H,6-9,12-18,23,25-27,56-57H2,1-3H3,(H2,58,67)(H,60,68)(H,61,69)(H,62,70)/t28-,34-,36-,37-,38?,43?,46+,47-,48+/m0/s1. The number of H-pyrrole nitrogens is 1. The predicted molar refractivity (Wildman–Crippen MR) is 287 cm³/mol. The number of rotatable bonds is 27. The normalized spacial score (nSPS) is 20.6. The molecule has 8 rings (SSSR count). The number of benzene rings is 3. The number of aromatic nitrogens is 1. The highest BCUT2D eigenvalue weighted by Gasteiger charge is 2.52. The molecule has 3 aromatic carbocycles. The van der Waals surface area contributed by atoms with Gasteiger partial charge in [0.05, 0.1) is 44.5 Å². The largest absolute Gasteiger partial charge is 0.493 e. The molecular formula is C55H68N8O15S. The van der Waals surface area contributed by atoms with Crippen LogP contribution in [-0.4, -0.2) is 139 Å². The van der Waals surface area contributed by atoms with E-state index in [4.69, 9.17) is 45.6 Å². The summed E-state index contributed by atoms with van der Waals surface area (Å²) in [5.74, 6) is -7.00. The molecule has 0 spiro atoms. The summed E-state index contributed by atoms with van der Waals surface area (Å²) in [4.78, 5) is 112. The van der Waals surface area contributed by atoms with Crippen LogP contribution in [0.3, 0.4) is 0 Å². The van der Waals surface area contributed by atoms with E-state index in [2.05, 4.69) is 20.9 Å². The second-order valence-corrected chi connectivity index (χ2v) is 21.3. The van der Waals surface area contributed by atoms with E-state index in [9.17, 15) is 43.5 Å². The van der Waals surface area contributed by atoms with Gasteiger partial charge >= 0.3 is 11.9 Å². The van der Waals surface area contributed by atoms with Crippen LogP contribution in [0.5, 0.6) is 28.7 Å². The number of nitrogens with two attached hydrogens (primary N) is 3. The number of hydrogen-bond acceptors (Lipinski definition) is 18. The van der Waals surface area contributed by atoms with Crippen molar-refractivity contribution in [1.29, 1.82) is 0 Å². The number of aromatic amines is 1. The van der Waals surface area contributed by atoms with E-state index in [-0.39, 0.29) is 68.1 Å². The lowest BCUT2D eigenvalue weighted by Gasteiger charge is -2.37. The maximum Gasteiger partial charge on any atom is 0.313 e. The molecule has 11 N–H and O–H groups in total. The number of nitrogens with one attached hydrogen (secondary N) is 4. The number of nitrogens with zero attached hydrogens (tertiary/aromatic N) is 1. The summed E-state index contributed by atoms with van der Waals surface area (Å²) in [6.45, 7) is 2.11. The molecule has 24 heteroatoms. The lowest BCUT2D eigenvalue weighted by molar-refractivity contribution is -0.142. The molecule has 2 saturated heterocycles. The highest BCUT2D eigenvalue weighted by atomic mass is 32.2. The number of likely N-dealkylation sites (tertiary alicyclic amines) is 1. The number of esters is 2. The summed E-state index contributed by atoms with van der Waals surface area (Å²) in [6, 6.07) is 10.9. The third-order valence-electron chi connectivity index (χ3n) is 14.9. The van der Waals surface area contributed by atoms with E-state index in [1.165, 1.54) is 14.2 Å². The summed E-state index contributed by atoms with van der Waals surface area (Å²) in [5, 5.41) is 19.7. The molecule has 0 bridgehead atoms. The molecule has 4 aliphatic rings. The van der Waals surface area contributed by atoms with E-state index in [1.807, 2.05) is 30.5 Å². The van der Waals surface area contributed by atoms with Crippen molar-refractivity contribution in [2.24, 2.45) is 35.0 Å². The number of carbonyl (C=O) groups excluding carboxylic acids is 8. The number of aliphatic hydroxyl groups excluding tert-OH is 1. The van der Waals surface area contributed by atoms with E-state index in [1.54, 1.807) is 31.2 Å². The minimum Gasteiger partial charge on any atom is -0.493 e. The Morgan fingerprint density at radius 2 is 1.46 bits per heavy atom. The topological polar surface area (TPSA) is 345 Å². The number of hydrogen-bond donors (Lipinski definition) is 8. The summed E-state index contributed by atoms with van der Waals surface area (Å²) >= 11 is 0.923. The molecule has 2 fully saturated rings. The zero-order valence-electron chi connectivity index (χ0n) is 44.2. The zero-order valence-corrected chi connectivity index (χ0v) is 45.1. The van der Waals surface area contributed by atoms with Crippen molar-refractivity contribution >= 4 is 70.0 Å². The molecule has 4 heterocycles. The van der Waals surface area contributed by atoms with Gasteiger partial charge in [-0.1, -0.05) is 25.1 Å². The Morgan fingerprint density at radius 1 is 0.835 bits per heavy atom. The molecule has 0 saturated carbocycles. The van der Waals surface area contributed by atoms with Gasteiger partial charge in [-0.2, -0.15) is 0 Å². The summed E-state index contributed by atoms with van der Waals surface area (Å²) in [6.07, 6.45) is 2.99. The minimum absolute atomic E-state index is 0.00246. The number of thioether (sulfide) groups is 1. The third kappa shape index (κ3) is 13.0. The second-order valence-electron chi connectivity index (χ2n) is 20.1. The van der Waals surface area contributed by atoms with Crippen molar-refractivity contribution in [3.05, 3.63) is 77.0 Å². The van der Waals surface area contributed by atoms with E-state index in [0.29, 0.717) is 73.4 Å². The van der Waals surface area contributed by atoms with E-state index < -0.39 is 101 Å². The van der Waals surface area contributed by atoms with Gasteiger partial charge in [0, 0.05) is 53.6 Å². The van der Waals surface area contributed by atoms with Crippen molar-refractivity contribution in [2.75, 3.05) is 53.0 Å². The molecule has 6 amide bonds. The molecular weight excluding hydrogens is 1040 g/mol. The zero-order chi connectivity index (χ0) is 56.5. The van der Waals surface area contributed by atoms with Crippen LogP contribution < -0.4 is 56.8 Å². The number of cyclic esters (lactones) is 1. The molecule has 4 aromatic rings. The van der Waals surface area contributed by atoms with Crippen LogP contribution in [-0.2, 0) is 49.5 Å². The molecule has 3 aliphatic heterocycles. The fraction of sp³-hybridized carbons (Fsp3) is 0.491. The van der Waals surface area contributed by atoms with Crippen LogP contribution in [0.1, 0.15) is 92.6 Å². The summed E-state index contributed by atoms with van der Waals surface area (Å²) < 4.78 is 33.8. The van der Waals surface area contributed by atoms with Gasteiger partial charge in [0.25, 0.3) is 0 Å². The molecule has 9 atom stereocenters. The van der Waals surface area contributed by atoms with E-state index >= 15 is 0 Å². The van der Waals surface area contributed by atoms with Crippen molar-refractivity contribution in [1.82, 2.24) is 25.8 Å². The monoisotopic (exact) mass is 1110 g/mol. The average molecular weight is 1110 g/mol. The van der Waals surface area contributed by atoms with Crippen LogP contribution in [0.2, 0.25) is 0 Å². The molecule has 424 valence electrons. The van der Waals surface area contributed by atoms with Crippen molar-refractivity contribution in [3.63, 3.8) is 0 Å². The van der Waals surface area contributed by atoms with Crippen LogP contribution in [0.15, 0.2) is 54.7 Å². The number of primary amides is 1. The third-order valence-corrected chi connectivity index (χ3v) is 16.2. The van der Waals surface area contributed by atoms with Gasteiger partial charge in [0.1, 0.15) is 18.1 Å². The first-order valence-electron chi connectivity index (χ1n) is 26.4. The number of imide groups is 1. The van der Waals surface area contributed by atoms with E-state index in [0.717, 1.165) is 33.1 Å². The Bertz CT molecular complexity index is 2930. The molecule has 1 aliphatic carbocycles. The molecule has 2 unspecified atom stereocenters. The number of fused-ring (bicyclic) bond motifs is 4. The minimum atomic E-state index is -1.34. The highest BCUT2D eigenvalue weighted by Crippen LogP contribution is 2.55. The fourth-order valence-electron chi connectivity index (χ4n) is 10.6. The van der Waals surface area contributed by atoms with Gasteiger partial charge in [0.15, 0.2) is 23.0 Å². The second kappa shape index (κ2) is 26.0. The first kappa shape index (κ1) is 57.8. The lowest BCUT2D eigenvalue weighted by atomic mass is 9.66. The Hall–Kier alpha value is -7.41. The number of unbranched alkanes of at least 4 members (excludes halogenated alkanes) is 2. The van der Waals surface area contributed by atoms with Crippen LogP contribution in [0, 0.1) is 17.8 Å². The maximum absolute atomic E-state index is 14.0. The number of amides is 6. The van der Waals surface area contributed by atoms with Gasteiger partial charge in [-0.05, 0) is 111 Å². The first-order chi connectivity index (χ1) is 38.0. The van der Waals surface area contributed by atoms with Gasteiger partial charge < -0.3 is 71.7 Å². The van der Waals surface area contributed by atoms with Crippen molar-refractivity contribution in [2.45, 2.75) is 100 Å². The smallest absolute Gasteiger partial charge is 0.313 e. The molecule has 79 heavy (non-hydrogen) atoms. The Morgan fingerprint density at radius 3 is 2.09 bits per heavy atom. The Kier molecular flexibility index (Phi) is 19.0. The van der Waals surface area contributed by atoms with Crippen LogP contribution in [0.4, 0.5) is 0 Å². The fourth-order valence-corrected chi connectivity index (χ4v) is 11.8. The summed E-state index contributed by atoms with van der Waals surface area (Å²) in [7, 11) is 2.71. The number of ether oxygens (including phenoxy) is 6. The molecule has 0 radical (unpaired) electrons. The maximum atomic E-state index is 14.0. The Balaban J connectivity index is 0.874. The predicted octanol–water partition coefficient (Wildman–Crippen LogP) is 2.11. The highest BCUT2D eigenvalue weighted by molar-refractivity contribution is 8.00. The lowest BCUT2D eigenvalue weighted by Crippen LogP contribution is -2.57. The van der Waals surface area contributed by atoms with Crippen molar-refractivity contribution < 1.29 is 71.9 Å². The molecule has 23 nitrogen and oxygen atoms in total. The van der Waals surface area contributed by atoms with Gasteiger partial charge in [0.2, 0.25) is 48.0 Å². The summed E-state index contributed by atoms with van der Waals surface area (Å²) in [5.41, 5.74) is 20.8. The average Bonchev–Trinajstić information content (AvgIpc) is 4.31. The number of para-hydroxylation sites is 1. The number of methoxy groups -OCH3 is 2. The van der Waals surface area contributed by atoms with Gasteiger partial charge in [-0.15, -0.1) is 11.8 Å². The van der Waals surface area contributed by atoms with Crippen LogP contribution in [0.25, 0.3) is 10.9 Å². The van der Waals surface area contributed by atoms with Gasteiger partial charge in [-0.3, -0.25) is 43.3 Å². The Labute approximate surface area is 460 Å². The number of carbonyl (C=O) groups is 8. The number of aliphatic hydroxyl groups is 1. The molecule has 1 aromatic heterocycles. The first-order valence-corrected chi connectivity index (χ1v) is 27.5. The van der Waals surface area contributed by atoms with Crippen LogP contribution >= 0.6 is 11.8 Å². The van der Waals surface area contributed by atoms with Gasteiger partial charge in [-0.25, -0.2) is 0 Å².